The molecule has 1 atom stereocenters. The number of amides is 1. The molecule has 2 aromatic carbocycles. The van der Waals surface area contributed by atoms with E-state index in [2.05, 4.69) is 19.2 Å². The molecule has 1 heterocycles. The molecule has 5 nitrogen and oxygen atoms in total. The molecule has 1 amide bonds. The molecule has 1 N–H and O–H groups in total. The van der Waals surface area contributed by atoms with E-state index in [1.165, 1.54) is 11.1 Å². The average molecular weight is 341 g/mol. The van der Waals surface area contributed by atoms with E-state index in [-0.39, 0.29) is 11.9 Å². The van der Waals surface area contributed by atoms with Crippen molar-refractivity contribution in [3.8, 4) is 17.2 Å². The molecule has 0 unspecified atom stereocenters. The number of hydrogen-bond acceptors (Lipinski definition) is 4. The number of fused-ring (bicyclic) bond motifs is 1. The normalized spacial score (nSPS) is 13.9. The van der Waals surface area contributed by atoms with E-state index in [1.807, 2.05) is 25.1 Å². The average Bonchev–Trinajstić information content (AvgIpc) is 2.62. The fourth-order valence-corrected chi connectivity index (χ4v) is 2.56. The summed E-state index contributed by atoms with van der Waals surface area (Å²) >= 11 is 0. The quantitative estimate of drug-likeness (QED) is 0.907. The number of rotatable bonds is 5. The van der Waals surface area contributed by atoms with Crippen LogP contribution >= 0.6 is 0 Å². The summed E-state index contributed by atoms with van der Waals surface area (Å²) in [5.74, 6) is 1.93. The van der Waals surface area contributed by atoms with E-state index in [4.69, 9.17) is 14.2 Å². The number of benzene rings is 2. The fourth-order valence-electron chi connectivity index (χ4n) is 2.56. The first-order valence-electron chi connectivity index (χ1n) is 8.43. The second kappa shape index (κ2) is 7.47. The Hall–Kier alpha value is -2.69. The van der Waals surface area contributed by atoms with Gasteiger partial charge in [0.15, 0.2) is 11.5 Å². The van der Waals surface area contributed by atoms with Crippen LogP contribution < -0.4 is 19.5 Å². The molecule has 0 aliphatic carbocycles. The summed E-state index contributed by atoms with van der Waals surface area (Å²) in [5, 5.41) is 2.94. The van der Waals surface area contributed by atoms with Gasteiger partial charge in [0.05, 0.1) is 6.04 Å². The molecule has 2 aromatic rings. The molecule has 1 aliphatic heterocycles. The molecular weight excluding hydrogens is 318 g/mol. The van der Waals surface area contributed by atoms with Crippen LogP contribution in [0, 0.1) is 13.8 Å². The molecule has 0 bridgehead atoms. The largest absolute Gasteiger partial charge is 0.491 e. The Bertz CT molecular complexity index is 772. The van der Waals surface area contributed by atoms with Crippen LogP contribution in [-0.4, -0.2) is 31.8 Å². The van der Waals surface area contributed by atoms with E-state index in [1.54, 1.807) is 18.2 Å². The molecule has 0 saturated carbocycles. The summed E-state index contributed by atoms with van der Waals surface area (Å²) in [7, 11) is 0. The first-order valence-corrected chi connectivity index (χ1v) is 8.43. The Labute approximate surface area is 147 Å². The highest BCUT2D eigenvalue weighted by Gasteiger charge is 2.16. The summed E-state index contributed by atoms with van der Waals surface area (Å²) in [5.41, 5.74) is 2.96. The molecule has 132 valence electrons. The number of hydrogen-bond donors (Lipinski definition) is 1. The summed E-state index contributed by atoms with van der Waals surface area (Å²) in [6.07, 6.45) is 0. The number of carbonyl (C=O) groups is 1. The van der Waals surface area contributed by atoms with Gasteiger partial charge in [0.25, 0.3) is 5.91 Å². The smallest absolute Gasteiger partial charge is 0.251 e. The van der Waals surface area contributed by atoms with Crippen LogP contribution in [0.2, 0.25) is 0 Å². The van der Waals surface area contributed by atoms with Gasteiger partial charge in [-0.05, 0) is 62.2 Å². The van der Waals surface area contributed by atoms with Crippen LogP contribution in [0.15, 0.2) is 36.4 Å². The third-order valence-electron chi connectivity index (χ3n) is 4.16. The van der Waals surface area contributed by atoms with Crippen molar-refractivity contribution in [2.24, 2.45) is 0 Å². The molecule has 25 heavy (non-hydrogen) atoms. The summed E-state index contributed by atoms with van der Waals surface area (Å²) in [6, 6.07) is 11.1. The van der Waals surface area contributed by atoms with Crippen molar-refractivity contribution >= 4 is 5.91 Å². The maximum Gasteiger partial charge on any atom is 0.251 e. The van der Waals surface area contributed by atoms with Gasteiger partial charge in [0.2, 0.25) is 0 Å². The minimum absolute atomic E-state index is 0.123. The van der Waals surface area contributed by atoms with Crippen LogP contribution in [0.4, 0.5) is 0 Å². The second-order valence-electron chi connectivity index (χ2n) is 6.29. The van der Waals surface area contributed by atoms with Gasteiger partial charge in [0, 0.05) is 5.56 Å². The molecule has 0 fully saturated rings. The molecule has 5 heteroatoms. The van der Waals surface area contributed by atoms with Crippen molar-refractivity contribution in [3.63, 3.8) is 0 Å². The molecule has 0 spiro atoms. The minimum Gasteiger partial charge on any atom is -0.491 e. The zero-order valence-corrected chi connectivity index (χ0v) is 14.8. The number of nitrogens with one attached hydrogen (secondary N) is 1. The van der Waals surface area contributed by atoms with E-state index >= 15 is 0 Å². The van der Waals surface area contributed by atoms with Crippen LogP contribution in [0.3, 0.4) is 0 Å². The first-order chi connectivity index (χ1) is 12.0. The van der Waals surface area contributed by atoms with Gasteiger partial charge in [-0.2, -0.15) is 0 Å². The highest BCUT2D eigenvalue weighted by Crippen LogP contribution is 2.30. The number of aryl methyl sites for hydroxylation is 2. The van der Waals surface area contributed by atoms with Crippen molar-refractivity contribution in [3.05, 3.63) is 53.1 Å². The molecule has 0 aromatic heterocycles. The monoisotopic (exact) mass is 341 g/mol. The van der Waals surface area contributed by atoms with Gasteiger partial charge in [-0.3, -0.25) is 4.79 Å². The lowest BCUT2D eigenvalue weighted by molar-refractivity contribution is 0.0925. The summed E-state index contributed by atoms with van der Waals surface area (Å²) in [6.45, 7) is 7.46. The van der Waals surface area contributed by atoms with Crippen molar-refractivity contribution in [1.29, 1.82) is 0 Å². The second-order valence-corrected chi connectivity index (χ2v) is 6.29. The first kappa shape index (κ1) is 17.1. The topological polar surface area (TPSA) is 56.8 Å². The van der Waals surface area contributed by atoms with Crippen LogP contribution in [0.5, 0.6) is 17.2 Å². The van der Waals surface area contributed by atoms with Gasteiger partial charge >= 0.3 is 0 Å². The zero-order valence-electron chi connectivity index (χ0n) is 14.8. The Morgan fingerprint density at radius 2 is 1.84 bits per heavy atom. The zero-order chi connectivity index (χ0) is 17.8. The highest BCUT2D eigenvalue weighted by molar-refractivity contribution is 5.95. The fraction of sp³-hybridized carbons (Fsp3) is 0.350. The SMILES string of the molecule is Cc1ccc(OC[C@@H](C)NC(=O)c2ccc3c(c2)OCCO3)cc1C. The number of ether oxygens (including phenoxy) is 3. The Morgan fingerprint density at radius 3 is 2.60 bits per heavy atom. The van der Waals surface area contributed by atoms with Crippen molar-refractivity contribution in [1.82, 2.24) is 5.32 Å². The molecule has 0 saturated heterocycles. The van der Waals surface area contributed by atoms with Crippen LogP contribution in [0.1, 0.15) is 28.4 Å². The molecule has 0 radical (unpaired) electrons. The lowest BCUT2D eigenvalue weighted by atomic mass is 10.1. The third-order valence-corrected chi connectivity index (χ3v) is 4.16. The van der Waals surface area contributed by atoms with Gasteiger partial charge < -0.3 is 19.5 Å². The van der Waals surface area contributed by atoms with Gasteiger partial charge in [-0.1, -0.05) is 6.07 Å². The van der Waals surface area contributed by atoms with Crippen LogP contribution in [0.25, 0.3) is 0 Å². The molecule has 1 aliphatic rings. The minimum atomic E-state index is -0.159. The van der Waals surface area contributed by atoms with Gasteiger partial charge in [-0.15, -0.1) is 0 Å². The lowest BCUT2D eigenvalue weighted by Gasteiger charge is -2.19. The van der Waals surface area contributed by atoms with E-state index < -0.39 is 0 Å². The Morgan fingerprint density at radius 1 is 1.08 bits per heavy atom. The summed E-state index contributed by atoms with van der Waals surface area (Å²) < 4.78 is 16.8. The van der Waals surface area contributed by atoms with Crippen LogP contribution in [-0.2, 0) is 0 Å². The maximum absolute atomic E-state index is 12.4. The van der Waals surface area contributed by atoms with Crippen molar-refractivity contribution in [2.75, 3.05) is 19.8 Å². The standard InChI is InChI=1S/C20H23NO4/c1-13-4-6-17(10-14(13)2)25-12-15(3)21-20(22)16-5-7-18-19(11-16)24-9-8-23-18/h4-7,10-11,15H,8-9,12H2,1-3H3,(H,21,22)/t15-/m1/s1. The third kappa shape index (κ3) is 4.24. The molecule has 3 rings (SSSR count). The summed E-state index contributed by atoms with van der Waals surface area (Å²) in [4.78, 5) is 12.4. The maximum atomic E-state index is 12.4. The Balaban J connectivity index is 1.56. The molecular formula is C20H23NO4. The van der Waals surface area contributed by atoms with Crippen molar-refractivity contribution in [2.45, 2.75) is 26.8 Å². The lowest BCUT2D eigenvalue weighted by Crippen LogP contribution is -2.36. The predicted octanol–water partition coefficient (Wildman–Crippen LogP) is 3.27. The number of carbonyl (C=O) groups excluding carboxylic acids is 1. The highest BCUT2D eigenvalue weighted by atomic mass is 16.6. The predicted molar refractivity (Wildman–Crippen MR) is 95.8 cm³/mol. The van der Waals surface area contributed by atoms with E-state index in [0.29, 0.717) is 36.9 Å². The van der Waals surface area contributed by atoms with E-state index in [9.17, 15) is 4.79 Å². The van der Waals surface area contributed by atoms with Gasteiger partial charge in [-0.25, -0.2) is 0 Å². The van der Waals surface area contributed by atoms with Crippen molar-refractivity contribution < 1.29 is 19.0 Å². The van der Waals surface area contributed by atoms with Gasteiger partial charge in [0.1, 0.15) is 25.6 Å². The Kier molecular flexibility index (Phi) is 5.12. The van der Waals surface area contributed by atoms with E-state index in [0.717, 1.165) is 5.75 Å².